The van der Waals surface area contributed by atoms with Crippen LogP contribution in [-0.2, 0) is 17.4 Å². The largest absolute Gasteiger partial charge is 0.416 e. The Morgan fingerprint density at radius 1 is 1.14 bits per heavy atom. The van der Waals surface area contributed by atoms with Crippen molar-refractivity contribution in [2.75, 3.05) is 11.1 Å². The number of thioether (sulfide) groups is 1. The number of aryl methyl sites for hydroxylation is 2. The summed E-state index contributed by atoms with van der Waals surface area (Å²) in [5, 5.41) is 11.2. The highest BCUT2D eigenvalue weighted by atomic mass is 32.2. The van der Waals surface area contributed by atoms with Crippen molar-refractivity contribution in [3.05, 3.63) is 65.5 Å². The molecule has 1 heterocycles. The number of carbonyl (C=O) groups is 1. The van der Waals surface area contributed by atoms with Crippen LogP contribution in [-0.4, -0.2) is 26.4 Å². The Bertz CT molecular complexity index is 1000. The van der Waals surface area contributed by atoms with Crippen LogP contribution in [0.25, 0.3) is 5.69 Å². The summed E-state index contributed by atoms with van der Waals surface area (Å²) in [6.07, 6.45) is -3.53. The molecule has 29 heavy (non-hydrogen) atoms. The van der Waals surface area contributed by atoms with Crippen molar-refractivity contribution in [1.82, 2.24) is 14.8 Å². The fraction of sp³-hybridized carbons (Fsp3) is 0.250. The standard InChI is InChI=1S/C20H19F3N4OS/c1-3-14-7-9-17(10-8-14)27-13(2)25-26-19(27)29-12-18(28)24-16-6-4-5-15(11-16)20(21,22)23/h4-11H,3,12H2,1-2H3,(H,24,28). The van der Waals surface area contributed by atoms with E-state index in [-0.39, 0.29) is 11.4 Å². The van der Waals surface area contributed by atoms with Gasteiger partial charge >= 0.3 is 6.18 Å². The highest BCUT2D eigenvalue weighted by Crippen LogP contribution is 2.30. The van der Waals surface area contributed by atoms with E-state index in [4.69, 9.17) is 0 Å². The summed E-state index contributed by atoms with van der Waals surface area (Å²) in [4.78, 5) is 12.2. The molecule has 0 fully saturated rings. The maximum absolute atomic E-state index is 12.8. The predicted molar refractivity (Wildman–Crippen MR) is 106 cm³/mol. The lowest BCUT2D eigenvalue weighted by atomic mass is 10.1. The van der Waals surface area contributed by atoms with Crippen molar-refractivity contribution in [3.63, 3.8) is 0 Å². The number of benzene rings is 2. The Labute approximate surface area is 170 Å². The number of hydrogen-bond donors (Lipinski definition) is 1. The van der Waals surface area contributed by atoms with E-state index in [2.05, 4.69) is 22.4 Å². The van der Waals surface area contributed by atoms with E-state index in [1.165, 1.54) is 17.7 Å². The zero-order valence-corrected chi connectivity index (χ0v) is 16.6. The van der Waals surface area contributed by atoms with Gasteiger partial charge in [-0.25, -0.2) is 0 Å². The Hall–Kier alpha value is -2.81. The van der Waals surface area contributed by atoms with Crippen LogP contribution in [0.3, 0.4) is 0 Å². The number of alkyl halides is 3. The van der Waals surface area contributed by atoms with Gasteiger partial charge in [0, 0.05) is 11.4 Å². The van der Waals surface area contributed by atoms with Crippen LogP contribution in [0.4, 0.5) is 18.9 Å². The van der Waals surface area contributed by atoms with E-state index in [1.807, 2.05) is 35.8 Å². The summed E-state index contributed by atoms with van der Waals surface area (Å²) in [7, 11) is 0. The molecule has 5 nitrogen and oxygen atoms in total. The van der Waals surface area contributed by atoms with Gasteiger partial charge in [0.1, 0.15) is 5.82 Å². The molecule has 0 radical (unpaired) electrons. The smallest absolute Gasteiger partial charge is 0.325 e. The number of anilines is 1. The van der Waals surface area contributed by atoms with E-state index in [0.29, 0.717) is 11.0 Å². The molecule has 3 rings (SSSR count). The van der Waals surface area contributed by atoms with E-state index >= 15 is 0 Å². The molecule has 0 spiro atoms. The molecule has 0 saturated heterocycles. The zero-order chi connectivity index (χ0) is 21.0. The lowest BCUT2D eigenvalue weighted by Gasteiger charge is -2.11. The van der Waals surface area contributed by atoms with Crippen LogP contribution in [0.15, 0.2) is 53.7 Å². The van der Waals surface area contributed by atoms with Gasteiger partial charge in [0.2, 0.25) is 5.91 Å². The number of aromatic nitrogens is 3. The summed E-state index contributed by atoms with van der Waals surface area (Å²) in [6, 6.07) is 12.5. The number of hydrogen-bond acceptors (Lipinski definition) is 4. The molecule has 0 bridgehead atoms. The summed E-state index contributed by atoms with van der Waals surface area (Å²) in [5.74, 6) is 0.236. The van der Waals surface area contributed by atoms with Gasteiger partial charge < -0.3 is 5.32 Å². The molecule has 2 aromatic carbocycles. The molecule has 1 amide bonds. The minimum atomic E-state index is -4.46. The first-order valence-corrected chi connectivity index (χ1v) is 9.87. The van der Waals surface area contributed by atoms with E-state index < -0.39 is 17.6 Å². The van der Waals surface area contributed by atoms with Gasteiger partial charge in [0.25, 0.3) is 0 Å². The number of carbonyl (C=O) groups excluding carboxylic acids is 1. The highest BCUT2D eigenvalue weighted by Gasteiger charge is 2.30. The quantitative estimate of drug-likeness (QED) is 0.577. The number of amides is 1. The Morgan fingerprint density at radius 3 is 2.52 bits per heavy atom. The zero-order valence-electron chi connectivity index (χ0n) is 15.8. The second kappa shape index (κ2) is 8.69. The van der Waals surface area contributed by atoms with E-state index in [1.54, 1.807) is 0 Å². The molecule has 0 unspecified atom stereocenters. The van der Waals surface area contributed by atoms with Crippen LogP contribution in [0.1, 0.15) is 23.9 Å². The van der Waals surface area contributed by atoms with Gasteiger partial charge in [-0.05, 0) is 49.2 Å². The van der Waals surface area contributed by atoms with Crippen LogP contribution >= 0.6 is 11.8 Å². The monoisotopic (exact) mass is 420 g/mol. The van der Waals surface area contributed by atoms with Crippen molar-refractivity contribution in [2.45, 2.75) is 31.6 Å². The third kappa shape index (κ3) is 5.17. The first-order valence-electron chi connectivity index (χ1n) is 8.89. The maximum atomic E-state index is 12.8. The SMILES string of the molecule is CCc1ccc(-n2c(C)nnc2SCC(=O)Nc2cccc(C(F)(F)F)c2)cc1. The first kappa shape index (κ1) is 20.9. The third-order valence-corrected chi connectivity index (χ3v) is 5.13. The van der Waals surface area contributed by atoms with Crippen molar-refractivity contribution >= 4 is 23.4 Å². The third-order valence-electron chi connectivity index (χ3n) is 4.20. The fourth-order valence-electron chi connectivity index (χ4n) is 2.71. The molecule has 9 heteroatoms. The summed E-state index contributed by atoms with van der Waals surface area (Å²) in [5.41, 5.74) is 1.37. The molecule has 0 atom stereocenters. The molecule has 0 aliphatic heterocycles. The van der Waals surface area contributed by atoms with Gasteiger partial charge in [0.15, 0.2) is 5.16 Å². The highest BCUT2D eigenvalue weighted by molar-refractivity contribution is 7.99. The lowest BCUT2D eigenvalue weighted by Crippen LogP contribution is -2.15. The first-order chi connectivity index (χ1) is 13.8. The second-order valence-electron chi connectivity index (χ2n) is 6.30. The van der Waals surface area contributed by atoms with Crippen molar-refractivity contribution in [3.8, 4) is 5.69 Å². The van der Waals surface area contributed by atoms with Crippen LogP contribution < -0.4 is 5.32 Å². The van der Waals surface area contributed by atoms with Crippen LogP contribution in [0.5, 0.6) is 0 Å². The van der Waals surface area contributed by atoms with Gasteiger partial charge in [-0.1, -0.05) is 36.9 Å². The molecule has 1 N–H and O–H groups in total. The molecular formula is C20H19F3N4OS. The second-order valence-corrected chi connectivity index (χ2v) is 7.24. The summed E-state index contributed by atoms with van der Waals surface area (Å²) >= 11 is 1.16. The fourth-order valence-corrected chi connectivity index (χ4v) is 3.51. The molecule has 3 aromatic rings. The summed E-state index contributed by atoms with van der Waals surface area (Å²) < 4.78 is 40.2. The normalized spacial score (nSPS) is 11.5. The minimum absolute atomic E-state index is 0.0125. The topological polar surface area (TPSA) is 59.8 Å². The predicted octanol–water partition coefficient (Wildman–Crippen LogP) is 4.89. The lowest BCUT2D eigenvalue weighted by molar-refractivity contribution is -0.137. The number of rotatable bonds is 6. The Balaban J connectivity index is 1.68. The molecule has 1 aromatic heterocycles. The average molecular weight is 420 g/mol. The molecule has 152 valence electrons. The summed E-state index contributed by atoms with van der Waals surface area (Å²) in [6.45, 7) is 3.89. The number of nitrogens with one attached hydrogen (secondary N) is 1. The number of halogens is 3. The van der Waals surface area contributed by atoms with Crippen LogP contribution in [0, 0.1) is 6.92 Å². The molecule has 0 saturated carbocycles. The average Bonchev–Trinajstić information content (AvgIpc) is 3.06. The molecule has 0 aliphatic rings. The van der Waals surface area contributed by atoms with E-state index in [0.717, 1.165) is 36.0 Å². The van der Waals surface area contributed by atoms with E-state index in [9.17, 15) is 18.0 Å². The van der Waals surface area contributed by atoms with Gasteiger partial charge in [-0.15, -0.1) is 10.2 Å². The Morgan fingerprint density at radius 2 is 1.86 bits per heavy atom. The molecule has 0 aliphatic carbocycles. The minimum Gasteiger partial charge on any atom is -0.325 e. The van der Waals surface area contributed by atoms with Gasteiger partial charge in [-0.2, -0.15) is 13.2 Å². The van der Waals surface area contributed by atoms with Crippen molar-refractivity contribution < 1.29 is 18.0 Å². The van der Waals surface area contributed by atoms with Gasteiger partial charge in [-0.3, -0.25) is 9.36 Å². The van der Waals surface area contributed by atoms with Crippen molar-refractivity contribution in [2.24, 2.45) is 0 Å². The van der Waals surface area contributed by atoms with Crippen LogP contribution in [0.2, 0.25) is 0 Å². The Kier molecular flexibility index (Phi) is 6.26. The molecular weight excluding hydrogens is 401 g/mol. The van der Waals surface area contributed by atoms with Gasteiger partial charge in [0.05, 0.1) is 11.3 Å². The maximum Gasteiger partial charge on any atom is 0.416 e. The van der Waals surface area contributed by atoms with Crippen molar-refractivity contribution in [1.29, 1.82) is 0 Å². The number of nitrogens with zero attached hydrogens (tertiary/aromatic N) is 3.